The summed E-state index contributed by atoms with van der Waals surface area (Å²) in [6.07, 6.45) is 0. The van der Waals surface area contributed by atoms with Gasteiger partial charge in [-0.1, -0.05) is 11.8 Å². The normalized spacial score (nSPS) is 14.0. The van der Waals surface area contributed by atoms with Crippen LogP contribution in [0, 0.1) is 0 Å². The molecule has 3 N–H and O–H groups in total. The van der Waals surface area contributed by atoms with E-state index < -0.39 is 7.94 Å². The van der Waals surface area contributed by atoms with E-state index in [2.05, 4.69) is 65.2 Å². The highest BCUT2D eigenvalue weighted by atomic mass is 32.2. The SMILES string of the molecule is CC(C)N(C(C)C)C(SC[P+](O)(O)O)N(C(C)C)C(C)C. The van der Waals surface area contributed by atoms with Crippen LogP contribution in [-0.4, -0.2) is 59.6 Å². The monoisotopic (exact) mass is 341 g/mol. The second-order valence-corrected chi connectivity index (χ2v) is 9.76. The molecule has 0 aliphatic rings. The third-order valence-electron chi connectivity index (χ3n) is 3.29. The summed E-state index contributed by atoms with van der Waals surface area (Å²) in [5, 5.41) is 0. The quantitative estimate of drug-likeness (QED) is 0.443. The van der Waals surface area contributed by atoms with E-state index in [4.69, 9.17) is 0 Å². The molecule has 0 aromatic carbocycles. The molecule has 0 unspecified atom stereocenters. The molecule has 0 fully saturated rings. The minimum atomic E-state index is -3.76. The maximum absolute atomic E-state index is 9.35. The minimum absolute atomic E-state index is 0.00387. The van der Waals surface area contributed by atoms with Crippen molar-refractivity contribution in [2.75, 3.05) is 5.49 Å². The van der Waals surface area contributed by atoms with Crippen molar-refractivity contribution in [2.24, 2.45) is 0 Å². The number of hydrogen-bond acceptors (Lipinski definition) is 6. The average Bonchev–Trinajstić information content (AvgIpc) is 2.22. The summed E-state index contributed by atoms with van der Waals surface area (Å²) in [7, 11) is -3.76. The van der Waals surface area contributed by atoms with Gasteiger partial charge in [-0.05, 0) is 55.4 Å². The molecule has 0 saturated carbocycles. The largest absolute Gasteiger partial charge is 0.414 e. The Balaban J connectivity index is 5.41. The molecule has 0 rings (SSSR count). The van der Waals surface area contributed by atoms with Crippen LogP contribution in [0.3, 0.4) is 0 Å². The van der Waals surface area contributed by atoms with E-state index in [1.807, 2.05) is 0 Å². The third kappa shape index (κ3) is 7.60. The van der Waals surface area contributed by atoms with E-state index in [0.717, 1.165) is 0 Å². The van der Waals surface area contributed by atoms with E-state index >= 15 is 0 Å². The van der Waals surface area contributed by atoms with Gasteiger partial charge in [0.2, 0.25) is 0 Å². The lowest BCUT2D eigenvalue weighted by atomic mass is 10.2. The first-order valence-electron chi connectivity index (χ1n) is 7.61. The second kappa shape index (κ2) is 9.02. The van der Waals surface area contributed by atoms with Crippen LogP contribution in [-0.2, 0) is 0 Å². The lowest BCUT2D eigenvalue weighted by Crippen LogP contribution is -2.56. The number of rotatable bonds is 9. The molecule has 0 spiro atoms. The zero-order valence-corrected chi connectivity index (χ0v) is 16.4. The summed E-state index contributed by atoms with van der Waals surface area (Å²) >= 11 is 1.41. The minimum Gasteiger partial charge on any atom is -0.274 e. The number of thioether (sulfide) groups is 1. The topological polar surface area (TPSA) is 67.2 Å². The van der Waals surface area contributed by atoms with Crippen LogP contribution in [0.1, 0.15) is 55.4 Å². The summed E-state index contributed by atoms with van der Waals surface area (Å²) in [4.78, 5) is 32.7. The molecular formula is C14H34N2O3PS+. The van der Waals surface area contributed by atoms with Gasteiger partial charge in [-0.15, -0.1) is 0 Å². The number of hydrogen-bond donors (Lipinski definition) is 3. The van der Waals surface area contributed by atoms with Crippen LogP contribution in [0.25, 0.3) is 0 Å². The van der Waals surface area contributed by atoms with E-state index in [0.29, 0.717) is 24.2 Å². The van der Waals surface area contributed by atoms with Crippen molar-refractivity contribution < 1.29 is 14.7 Å². The Hall–Kier alpha value is 0.580. The summed E-state index contributed by atoms with van der Waals surface area (Å²) in [6, 6.07) is 1.30. The van der Waals surface area contributed by atoms with Gasteiger partial charge in [0.05, 0.1) is 0 Å². The smallest absolute Gasteiger partial charge is 0.274 e. The Labute approximate surface area is 135 Å². The highest BCUT2D eigenvalue weighted by molar-refractivity contribution is 8.05. The standard InChI is InChI=1S/C14H34N2O3PS/c1-10(2)15(11(3)4)14(21-9-20(17,18)19)16(12(5)6)13(7)8/h10-14,17-19H,9H2,1-8H3/q+1. The summed E-state index contributed by atoms with van der Waals surface area (Å²) < 4.78 is 0. The Morgan fingerprint density at radius 1 is 0.714 bits per heavy atom. The predicted octanol–water partition coefficient (Wildman–Crippen LogP) is 2.94. The van der Waals surface area contributed by atoms with Crippen molar-refractivity contribution >= 4 is 19.7 Å². The van der Waals surface area contributed by atoms with Gasteiger partial charge in [0.25, 0.3) is 0 Å². The Kier molecular flexibility index (Phi) is 9.27. The van der Waals surface area contributed by atoms with Crippen molar-refractivity contribution in [1.29, 1.82) is 0 Å². The molecule has 0 bridgehead atoms. The van der Waals surface area contributed by atoms with Gasteiger partial charge in [0.1, 0.15) is 5.50 Å². The molecule has 21 heavy (non-hydrogen) atoms. The lowest BCUT2D eigenvalue weighted by Gasteiger charge is -2.46. The zero-order chi connectivity index (χ0) is 17.0. The fourth-order valence-corrected chi connectivity index (χ4v) is 5.36. The molecular weight excluding hydrogens is 307 g/mol. The van der Waals surface area contributed by atoms with E-state index in [1.165, 1.54) is 11.8 Å². The van der Waals surface area contributed by atoms with Crippen LogP contribution in [0.4, 0.5) is 0 Å². The molecule has 128 valence electrons. The van der Waals surface area contributed by atoms with Crippen molar-refractivity contribution in [3.63, 3.8) is 0 Å². The molecule has 0 aliphatic heterocycles. The summed E-state index contributed by atoms with van der Waals surface area (Å²) in [5.74, 6) is 0. The first-order chi connectivity index (χ1) is 9.38. The van der Waals surface area contributed by atoms with E-state index in [-0.39, 0.29) is 11.0 Å². The molecule has 0 atom stereocenters. The second-order valence-electron chi connectivity index (χ2n) is 6.58. The highest BCUT2D eigenvalue weighted by Gasteiger charge is 2.38. The zero-order valence-electron chi connectivity index (χ0n) is 14.7. The molecule has 0 aromatic rings. The van der Waals surface area contributed by atoms with Crippen LogP contribution in [0.15, 0.2) is 0 Å². The first kappa shape index (κ1) is 21.6. The van der Waals surface area contributed by atoms with Crippen molar-refractivity contribution in [2.45, 2.75) is 85.1 Å². The first-order valence-corrected chi connectivity index (χ1v) is 10.5. The maximum atomic E-state index is 9.35. The molecule has 5 nitrogen and oxygen atoms in total. The van der Waals surface area contributed by atoms with Crippen LogP contribution < -0.4 is 0 Å². The Morgan fingerprint density at radius 2 is 1.00 bits per heavy atom. The molecule has 0 aliphatic carbocycles. The van der Waals surface area contributed by atoms with Gasteiger partial charge in [0.15, 0.2) is 5.49 Å². The average molecular weight is 341 g/mol. The van der Waals surface area contributed by atoms with E-state index in [1.54, 1.807) is 0 Å². The Morgan fingerprint density at radius 3 is 1.19 bits per heavy atom. The fraction of sp³-hybridized carbons (Fsp3) is 1.00. The molecule has 0 heterocycles. The molecule has 0 saturated heterocycles. The van der Waals surface area contributed by atoms with Gasteiger partial charge in [0, 0.05) is 24.2 Å². The van der Waals surface area contributed by atoms with Crippen LogP contribution in [0.5, 0.6) is 0 Å². The summed E-state index contributed by atoms with van der Waals surface area (Å²) in [5.41, 5.74) is -0.0420. The van der Waals surface area contributed by atoms with Crippen molar-refractivity contribution in [3.8, 4) is 0 Å². The Bertz CT molecular complexity index is 260. The van der Waals surface area contributed by atoms with E-state index in [9.17, 15) is 14.7 Å². The summed E-state index contributed by atoms with van der Waals surface area (Å²) in [6.45, 7) is 17.2. The predicted molar refractivity (Wildman–Crippen MR) is 94.0 cm³/mol. The molecule has 7 heteroatoms. The highest BCUT2D eigenvalue weighted by Crippen LogP contribution is 2.49. The lowest BCUT2D eigenvalue weighted by molar-refractivity contribution is 0.0173. The van der Waals surface area contributed by atoms with Crippen molar-refractivity contribution in [3.05, 3.63) is 0 Å². The third-order valence-corrected chi connectivity index (χ3v) is 6.06. The van der Waals surface area contributed by atoms with Gasteiger partial charge < -0.3 is 0 Å². The van der Waals surface area contributed by atoms with Gasteiger partial charge in [-0.3, -0.25) is 9.80 Å². The molecule has 0 aromatic heterocycles. The maximum Gasteiger partial charge on any atom is 0.414 e. The molecule has 0 radical (unpaired) electrons. The van der Waals surface area contributed by atoms with Gasteiger partial charge in [-0.2, -0.15) is 14.7 Å². The number of nitrogens with zero attached hydrogens (tertiary/aromatic N) is 2. The molecule has 0 amide bonds. The van der Waals surface area contributed by atoms with Crippen molar-refractivity contribution in [1.82, 2.24) is 9.80 Å². The van der Waals surface area contributed by atoms with Gasteiger partial charge >= 0.3 is 7.94 Å². The fourth-order valence-electron chi connectivity index (χ4n) is 2.71. The van der Waals surface area contributed by atoms with Crippen LogP contribution in [0.2, 0.25) is 0 Å². The van der Waals surface area contributed by atoms with Gasteiger partial charge in [-0.25, -0.2) is 0 Å². The van der Waals surface area contributed by atoms with Crippen LogP contribution >= 0.6 is 19.7 Å².